The third-order valence-electron chi connectivity index (χ3n) is 4.99. The number of likely N-dealkylation sites (tertiary alicyclic amines) is 1. The number of carbonyl (C=O) groups excluding carboxylic acids is 1. The number of piperidine rings is 1. The second-order valence-corrected chi connectivity index (χ2v) is 6.89. The highest BCUT2D eigenvalue weighted by Crippen LogP contribution is 2.26. The molecule has 1 aliphatic heterocycles. The summed E-state index contributed by atoms with van der Waals surface area (Å²) in [6.07, 6.45) is 1.25. The number of carbonyl (C=O) groups is 1. The topological polar surface area (TPSA) is 43.8 Å². The van der Waals surface area contributed by atoms with Gasteiger partial charge < -0.3 is 14.9 Å². The Bertz CT molecular complexity index is 700. The minimum absolute atomic E-state index is 0.131. The molecule has 0 aromatic heterocycles. The van der Waals surface area contributed by atoms with E-state index < -0.39 is 6.10 Å². The molecule has 2 aromatic rings. The third-order valence-corrected chi connectivity index (χ3v) is 4.99. The Hall–Kier alpha value is -1.91. The molecule has 1 heterocycles. The number of fused-ring (bicyclic) bond motifs is 1. The van der Waals surface area contributed by atoms with Crippen molar-refractivity contribution in [1.82, 2.24) is 9.80 Å². The molecule has 1 amide bonds. The van der Waals surface area contributed by atoms with Crippen LogP contribution in [0.1, 0.15) is 24.5 Å². The molecule has 1 atom stereocenters. The van der Waals surface area contributed by atoms with E-state index in [-0.39, 0.29) is 11.8 Å². The number of aliphatic hydroxyl groups is 1. The van der Waals surface area contributed by atoms with Gasteiger partial charge >= 0.3 is 0 Å². The molecule has 1 fully saturated rings. The molecule has 1 aliphatic rings. The predicted molar refractivity (Wildman–Crippen MR) is 96.8 cm³/mol. The van der Waals surface area contributed by atoms with Crippen molar-refractivity contribution in [2.24, 2.45) is 5.92 Å². The molecule has 2 aromatic carbocycles. The van der Waals surface area contributed by atoms with E-state index in [2.05, 4.69) is 23.1 Å². The average molecular weight is 326 g/mol. The van der Waals surface area contributed by atoms with Gasteiger partial charge in [-0.05, 0) is 42.3 Å². The highest BCUT2D eigenvalue weighted by Gasteiger charge is 2.27. The smallest absolute Gasteiger partial charge is 0.225 e. The molecule has 4 heteroatoms. The van der Waals surface area contributed by atoms with Gasteiger partial charge in [-0.25, -0.2) is 0 Å². The summed E-state index contributed by atoms with van der Waals surface area (Å²) in [6.45, 7) is 2.36. The van der Waals surface area contributed by atoms with Crippen LogP contribution in [0, 0.1) is 5.92 Å². The fourth-order valence-electron chi connectivity index (χ4n) is 3.61. The van der Waals surface area contributed by atoms with Gasteiger partial charge in [0.05, 0.1) is 6.10 Å². The number of amides is 1. The lowest BCUT2D eigenvalue weighted by atomic mass is 9.94. The van der Waals surface area contributed by atoms with Crippen molar-refractivity contribution in [2.75, 3.05) is 33.7 Å². The first-order chi connectivity index (χ1) is 11.6. The molecule has 128 valence electrons. The molecule has 0 saturated carbocycles. The fourth-order valence-corrected chi connectivity index (χ4v) is 3.61. The summed E-state index contributed by atoms with van der Waals surface area (Å²) in [4.78, 5) is 16.0. The Balaban J connectivity index is 1.64. The van der Waals surface area contributed by atoms with Crippen LogP contribution in [0.2, 0.25) is 0 Å². The van der Waals surface area contributed by atoms with E-state index in [1.54, 1.807) is 4.90 Å². The lowest BCUT2D eigenvalue weighted by molar-refractivity contribution is -0.134. The second kappa shape index (κ2) is 7.32. The molecule has 0 spiro atoms. The zero-order valence-electron chi connectivity index (χ0n) is 14.5. The Kier molecular flexibility index (Phi) is 5.17. The highest BCUT2D eigenvalue weighted by atomic mass is 16.3. The molecule has 0 unspecified atom stereocenters. The molecule has 24 heavy (non-hydrogen) atoms. The number of hydrogen-bond donors (Lipinski definition) is 1. The van der Waals surface area contributed by atoms with Gasteiger partial charge in [0.2, 0.25) is 5.91 Å². The predicted octanol–water partition coefficient (Wildman–Crippen LogP) is 2.67. The quantitative estimate of drug-likeness (QED) is 0.939. The number of benzene rings is 2. The molecule has 1 saturated heterocycles. The van der Waals surface area contributed by atoms with Gasteiger partial charge in [0, 0.05) is 26.6 Å². The van der Waals surface area contributed by atoms with Crippen LogP contribution < -0.4 is 0 Å². The van der Waals surface area contributed by atoms with Gasteiger partial charge in [-0.1, -0.05) is 42.5 Å². The summed E-state index contributed by atoms with van der Waals surface area (Å²) >= 11 is 0. The van der Waals surface area contributed by atoms with Crippen LogP contribution in [-0.4, -0.2) is 54.5 Å². The molecule has 0 radical (unpaired) electrons. The summed E-state index contributed by atoms with van der Waals surface area (Å²) in [5.74, 6) is 0.357. The van der Waals surface area contributed by atoms with Crippen LogP contribution in [0.4, 0.5) is 0 Å². The number of aliphatic hydroxyl groups excluding tert-OH is 1. The van der Waals surface area contributed by atoms with Crippen molar-refractivity contribution in [1.29, 1.82) is 0 Å². The van der Waals surface area contributed by atoms with Crippen molar-refractivity contribution in [3.05, 3.63) is 48.0 Å². The first kappa shape index (κ1) is 16.9. The Morgan fingerprint density at radius 1 is 1.17 bits per heavy atom. The van der Waals surface area contributed by atoms with E-state index in [1.807, 2.05) is 38.4 Å². The molecule has 0 bridgehead atoms. The average Bonchev–Trinajstić information content (AvgIpc) is 2.61. The molecule has 4 nitrogen and oxygen atoms in total. The van der Waals surface area contributed by atoms with E-state index in [9.17, 15) is 9.90 Å². The maximum Gasteiger partial charge on any atom is 0.225 e. The normalized spacial score (nSPS) is 17.8. The molecule has 0 aliphatic carbocycles. The van der Waals surface area contributed by atoms with E-state index in [0.29, 0.717) is 6.54 Å². The second-order valence-electron chi connectivity index (χ2n) is 6.89. The lowest BCUT2D eigenvalue weighted by Crippen LogP contribution is -2.41. The van der Waals surface area contributed by atoms with Gasteiger partial charge in [0.25, 0.3) is 0 Å². The van der Waals surface area contributed by atoms with Crippen LogP contribution in [0.25, 0.3) is 10.8 Å². The lowest BCUT2D eigenvalue weighted by Gasteiger charge is -2.33. The maximum absolute atomic E-state index is 12.1. The minimum Gasteiger partial charge on any atom is -0.387 e. The zero-order valence-corrected chi connectivity index (χ0v) is 14.5. The van der Waals surface area contributed by atoms with E-state index in [1.165, 1.54) is 0 Å². The van der Waals surface area contributed by atoms with Crippen LogP contribution in [0.15, 0.2) is 42.5 Å². The number of hydrogen-bond acceptors (Lipinski definition) is 3. The molecular weight excluding hydrogens is 300 g/mol. The van der Waals surface area contributed by atoms with Gasteiger partial charge in [0.15, 0.2) is 0 Å². The molecule has 3 rings (SSSR count). The zero-order chi connectivity index (χ0) is 17.1. The summed E-state index contributed by atoms with van der Waals surface area (Å²) in [5, 5.41) is 13.0. The maximum atomic E-state index is 12.1. The van der Waals surface area contributed by atoms with Crippen molar-refractivity contribution in [2.45, 2.75) is 18.9 Å². The van der Waals surface area contributed by atoms with Crippen LogP contribution in [-0.2, 0) is 4.79 Å². The monoisotopic (exact) mass is 326 g/mol. The molecule has 1 N–H and O–H groups in total. The largest absolute Gasteiger partial charge is 0.387 e. The van der Waals surface area contributed by atoms with Gasteiger partial charge in [-0.2, -0.15) is 0 Å². The Morgan fingerprint density at radius 2 is 1.83 bits per heavy atom. The van der Waals surface area contributed by atoms with Gasteiger partial charge in [-0.3, -0.25) is 4.79 Å². The first-order valence-corrected chi connectivity index (χ1v) is 8.65. The SMILES string of the molecule is CN(C)C(=O)C1CCN(C[C@H](O)c2cccc3ccccc23)CC1. The number of rotatable bonds is 4. The van der Waals surface area contributed by atoms with Gasteiger partial charge in [-0.15, -0.1) is 0 Å². The van der Waals surface area contributed by atoms with E-state index >= 15 is 0 Å². The Labute approximate surface area is 143 Å². The van der Waals surface area contributed by atoms with Crippen molar-refractivity contribution >= 4 is 16.7 Å². The van der Waals surface area contributed by atoms with E-state index in [4.69, 9.17) is 0 Å². The van der Waals surface area contributed by atoms with Gasteiger partial charge in [0.1, 0.15) is 0 Å². The minimum atomic E-state index is -0.503. The summed E-state index contributed by atoms with van der Waals surface area (Å²) in [6, 6.07) is 14.3. The molecular formula is C20H26N2O2. The summed E-state index contributed by atoms with van der Waals surface area (Å²) in [7, 11) is 3.64. The van der Waals surface area contributed by atoms with Crippen LogP contribution in [0.3, 0.4) is 0 Å². The van der Waals surface area contributed by atoms with Crippen LogP contribution in [0.5, 0.6) is 0 Å². The number of β-amino-alcohol motifs (C(OH)–C–C–N with tert-alkyl or cyclic N) is 1. The van der Waals surface area contributed by atoms with Crippen LogP contribution >= 0.6 is 0 Å². The summed E-state index contributed by atoms with van der Waals surface area (Å²) < 4.78 is 0. The van der Waals surface area contributed by atoms with Crippen molar-refractivity contribution in [3.63, 3.8) is 0 Å². The highest BCUT2D eigenvalue weighted by molar-refractivity contribution is 5.86. The summed E-state index contributed by atoms with van der Waals surface area (Å²) in [5.41, 5.74) is 0.986. The van der Waals surface area contributed by atoms with Crippen molar-refractivity contribution < 1.29 is 9.90 Å². The number of nitrogens with zero attached hydrogens (tertiary/aromatic N) is 2. The van der Waals surface area contributed by atoms with Crippen molar-refractivity contribution in [3.8, 4) is 0 Å². The fraction of sp³-hybridized carbons (Fsp3) is 0.450. The Morgan fingerprint density at radius 3 is 2.54 bits per heavy atom. The first-order valence-electron chi connectivity index (χ1n) is 8.65. The standard InChI is InChI=1S/C20H26N2O2/c1-21(2)20(24)16-10-12-22(13-11-16)14-19(23)18-9-5-7-15-6-3-4-8-17(15)18/h3-9,16,19,23H,10-14H2,1-2H3/t19-/m0/s1. The third kappa shape index (κ3) is 3.60. The van der Waals surface area contributed by atoms with E-state index in [0.717, 1.165) is 42.3 Å².